The van der Waals surface area contributed by atoms with E-state index < -0.39 is 46.1 Å². The van der Waals surface area contributed by atoms with Crippen LogP contribution in [0.2, 0.25) is 10.1 Å². The molecule has 9 nitrogen and oxygen atoms in total. The molecule has 0 N–H and O–H groups in total. The number of esters is 1. The number of ether oxygens (including phenoxy) is 3. The molecular formula is C55H71NO8Si2. The maximum atomic E-state index is 14.0. The fourth-order valence-electron chi connectivity index (χ4n) is 9.25. The average molecular weight is 930 g/mol. The third-order valence-corrected chi connectivity index (χ3v) is 22.2. The largest absolute Gasteiger partial charge is 0.461 e. The lowest BCUT2D eigenvalue weighted by molar-refractivity contribution is -0.307. The Balaban J connectivity index is 1.25. The van der Waals surface area contributed by atoms with Gasteiger partial charge in [-0.1, -0.05) is 169 Å². The van der Waals surface area contributed by atoms with E-state index >= 15 is 0 Å². The zero-order chi connectivity index (χ0) is 48.0. The van der Waals surface area contributed by atoms with Crippen molar-refractivity contribution >= 4 is 49.1 Å². The van der Waals surface area contributed by atoms with Crippen molar-refractivity contribution in [3.8, 4) is 0 Å². The summed E-state index contributed by atoms with van der Waals surface area (Å²) in [6.07, 6.45) is 2.55. The van der Waals surface area contributed by atoms with E-state index in [0.29, 0.717) is 18.0 Å². The molecular weight excluding hydrogens is 859 g/mol. The third-order valence-electron chi connectivity index (χ3n) is 12.2. The fraction of sp³-hybridized carbons (Fsp3) is 0.436. The number of benzene rings is 4. The van der Waals surface area contributed by atoms with E-state index in [4.69, 9.17) is 32.5 Å². The van der Waals surface area contributed by atoms with Crippen molar-refractivity contribution in [1.82, 2.24) is 4.98 Å². The van der Waals surface area contributed by atoms with E-state index in [1.807, 2.05) is 71.9 Å². The van der Waals surface area contributed by atoms with Crippen molar-refractivity contribution in [3.63, 3.8) is 0 Å². The van der Waals surface area contributed by atoms with Crippen LogP contribution in [0.25, 0.3) is 0 Å². The number of carbonyl (C=O) groups excluding carboxylic acids is 2. The van der Waals surface area contributed by atoms with Crippen LogP contribution < -0.4 is 20.7 Å². The zero-order valence-electron chi connectivity index (χ0n) is 41.2. The first-order valence-electron chi connectivity index (χ1n) is 23.2. The lowest BCUT2D eigenvalue weighted by Crippen LogP contribution is -2.68. The third kappa shape index (κ3) is 11.8. The molecule has 1 saturated heterocycles. The highest BCUT2D eigenvalue weighted by molar-refractivity contribution is 7.00. The van der Waals surface area contributed by atoms with Crippen LogP contribution in [0.5, 0.6) is 0 Å². The summed E-state index contributed by atoms with van der Waals surface area (Å²) in [7, 11) is -5.94. The van der Waals surface area contributed by atoms with Crippen molar-refractivity contribution in [2.24, 2.45) is 5.41 Å². The molecule has 3 atom stereocenters. The van der Waals surface area contributed by atoms with E-state index in [-0.39, 0.29) is 47.9 Å². The van der Waals surface area contributed by atoms with Gasteiger partial charge in [-0.15, -0.1) is 0 Å². The molecule has 1 aromatic heterocycles. The summed E-state index contributed by atoms with van der Waals surface area (Å²) in [6, 6.07) is 41.9. The molecule has 0 aliphatic carbocycles. The maximum absolute atomic E-state index is 14.0. The first kappa shape index (κ1) is 50.7. The van der Waals surface area contributed by atoms with Crippen LogP contribution in [0, 0.1) is 5.41 Å². The maximum Gasteiger partial charge on any atom is 0.311 e. The predicted molar refractivity (Wildman–Crippen MR) is 267 cm³/mol. The number of carbonyl (C=O) groups is 2. The highest BCUT2D eigenvalue weighted by Gasteiger charge is 2.54. The quantitative estimate of drug-likeness (QED) is 0.0512. The topological polar surface area (TPSA) is 106 Å². The van der Waals surface area contributed by atoms with E-state index in [9.17, 15) is 9.59 Å². The Hall–Kier alpha value is -4.76. The summed E-state index contributed by atoms with van der Waals surface area (Å²) in [5.74, 6) is -1.06. The van der Waals surface area contributed by atoms with Gasteiger partial charge < -0.3 is 27.5 Å². The Morgan fingerprint density at radius 2 is 1.20 bits per heavy atom. The Morgan fingerprint density at radius 3 is 1.65 bits per heavy atom. The van der Waals surface area contributed by atoms with Gasteiger partial charge >= 0.3 is 5.97 Å². The number of oxazole rings is 1. The van der Waals surface area contributed by atoms with E-state index in [1.54, 1.807) is 6.26 Å². The number of nitrogens with zero attached hydrogens (tertiary/aromatic N) is 1. The molecule has 4 aromatic carbocycles. The molecule has 0 bridgehead atoms. The highest BCUT2D eigenvalue weighted by Crippen LogP contribution is 2.41. The van der Waals surface area contributed by atoms with Gasteiger partial charge in [0.05, 0.1) is 36.8 Å². The van der Waals surface area contributed by atoms with Crippen LogP contribution >= 0.6 is 0 Å². The van der Waals surface area contributed by atoms with Crippen molar-refractivity contribution in [1.29, 1.82) is 0 Å². The normalized spacial score (nSPS) is 17.8. The van der Waals surface area contributed by atoms with Gasteiger partial charge in [-0.05, 0) is 77.9 Å². The summed E-state index contributed by atoms with van der Waals surface area (Å²) in [4.78, 5) is 31.7. The number of rotatable bonds is 17. The summed E-state index contributed by atoms with van der Waals surface area (Å²) in [6.45, 7) is 25.0. The van der Waals surface area contributed by atoms with Gasteiger partial charge in [0.25, 0.3) is 16.6 Å². The second kappa shape index (κ2) is 20.6. The van der Waals surface area contributed by atoms with E-state index in [0.717, 1.165) is 15.9 Å². The van der Waals surface area contributed by atoms with Crippen molar-refractivity contribution in [3.05, 3.63) is 151 Å². The standard InChI is InChI=1S/C55H71NO8Si2/c1-40(37-60-51(58)52(2,3)4)33-49(64-66(54(8,9)10,46-29-21-15-22-30-46)47-31-23-16-24-32-47)48-36-43(62-55(11,12)63-48)34-42(57)35-50-56-41(38-59-50)39-61-65(53(5,6)7,44-25-17-13-18-26-44)45-27-19-14-20-28-45/h13-33,38,43,48-49H,34-37,39H2,1-12H3/b40-33+/t43-,48+,49+/m0/s1. The highest BCUT2D eigenvalue weighted by atomic mass is 28.4. The van der Waals surface area contributed by atoms with Gasteiger partial charge in [0.15, 0.2) is 5.79 Å². The van der Waals surface area contributed by atoms with Crippen LogP contribution in [0.3, 0.4) is 0 Å². The van der Waals surface area contributed by atoms with Gasteiger partial charge in [-0.25, -0.2) is 4.98 Å². The van der Waals surface area contributed by atoms with Gasteiger partial charge in [-0.3, -0.25) is 9.59 Å². The fourth-order valence-corrected chi connectivity index (χ4v) is 18.4. The molecule has 352 valence electrons. The smallest absolute Gasteiger partial charge is 0.311 e. The summed E-state index contributed by atoms with van der Waals surface area (Å²) >= 11 is 0. The number of Topliss-reactive ketones (excluding diaryl/α,β-unsaturated/α-hetero) is 1. The van der Waals surface area contributed by atoms with Crippen LogP contribution in [-0.2, 0) is 45.7 Å². The number of ketones is 1. The van der Waals surface area contributed by atoms with Gasteiger partial charge in [0.2, 0.25) is 5.89 Å². The van der Waals surface area contributed by atoms with Gasteiger partial charge in [-0.2, -0.15) is 0 Å². The van der Waals surface area contributed by atoms with Crippen LogP contribution in [0.15, 0.2) is 144 Å². The summed E-state index contributed by atoms with van der Waals surface area (Å²) in [5.41, 5.74) is 0.812. The molecule has 5 aromatic rings. The van der Waals surface area contributed by atoms with Gasteiger partial charge in [0.1, 0.15) is 24.3 Å². The zero-order valence-corrected chi connectivity index (χ0v) is 43.2. The minimum Gasteiger partial charge on any atom is -0.461 e. The van der Waals surface area contributed by atoms with E-state index in [2.05, 4.69) is 139 Å². The first-order chi connectivity index (χ1) is 31.0. The number of hydrogen-bond donors (Lipinski definition) is 0. The second-order valence-electron chi connectivity index (χ2n) is 21.2. The van der Waals surface area contributed by atoms with Crippen LogP contribution in [0.4, 0.5) is 0 Å². The Morgan fingerprint density at radius 1 is 0.727 bits per heavy atom. The molecule has 0 amide bonds. The number of aromatic nitrogens is 1. The molecule has 2 heterocycles. The lowest BCUT2D eigenvalue weighted by Gasteiger charge is -2.48. The molecule has 0 saturated carbocycles. The molecule has 6 rings (SSSR count). The van der Waals surface area contributed by atoms with Crippen molar-refractivity contribution < 1.29 is 37.1 Å². The van der Waals surface area contributed by atoms with E-state index in [1.165, 1.54) is 10.4 Å². The summed E-state index contributed by atoms with van der Waals surface area (Å²) in [5, 5.41) is 4.07. The Labute approximate surface area is 395 Å². The molecule has 0 unspecified atom stereocenters. The Kier molecular flexibility index (Phi) is 15.8. The van der Waals surface area contributed by atoms with Crippen LogP contribution in [0.1, 0.15) is 108 Å². The SMILES string of the molecule is C/C(=C\[C@@H](O[Si](c1ccccc1)(c1ccccc1)C(C)(C)C)[C@H]1C[C@H](CC(=O)Cc2nc(CO[Si](c3ccccc3)(c3ccccc3)C(C)(C)C)co2)OC(C)(C)O1)COC(=O)C(C)(C)C. The van der Waals surface area contributed by atoms with Gasteiger partial charge in [0, 0.05) is 12.8 Å². The Bertz CT molecular complexity index is 2300. The molecule has 0 radical (unpaired) electrons. The minimum absolute atomic E-state index is 0.00513. The molecule has 0 spiro atoms. The summed E-state index contributed by atoms with van der Waals surface area (Å²) < 4.78 is 39.9. The molecule has 11 heteroatoms. The molecule has 66 heavy (non-hydrogen) atoms. The van der Waals surface area contributed by atoms with Crippen molar-refractivity contribution in [2.45, 2.75) is 143 Å². The van der Waals surface area contributed by atoms with Crippen molar-refractivity contribution in [2.75, 3.05) is 6.61 Å². The average Bonchev–Trinajstić information content (AvgIpc) is 3.70. The monoisotopic (exact) mass is 929 g/mol. The lowest BCUT2D eigenvalue weighted by atomic mass is 9.97. The predicted octanol–water partition coefficient (Wildman–Crippen LogP) is 9.64. The molecule has 1 aliphatic heterocycles. The molecule has 1 fully saturated rings. The first-order valence-corrected chi connectivity index (χ1v) is 27.0. The van der Waals surface area contributed by atoms with Crippen LogP contribution in [-0.4, -0.2) is 64.1 Å². The number of hydrogen-bond acceptors (Lipinski definition) is 9. The second-order valence-corrected chi connectivity index (χ2v) is 29.8. The minimum atomic E-state index is -3.12. The molecule has 1 aliphatic rings.